The minimum absolute atomic E-state index is 0.140. The van der Waals surface area contributed by atoms with Crippen LogP contribution in [-0.4, -0.2) is 38.6 Å². The predicted molar refractivity (Wildman–Crippen MR) is 53.0 cm³/mol. The van der Waals surface area contributed by atoms with E-state index in [4.69, 9.17) is 0 Å². The lowest BCUT2D eigenvalue weighted by Gasteiger charge is -2.19. The van der Waals surface area contributed by atoms with Gasteiger partial charge < -0.3 is 4.79 Å². The number of rotatable bonds is 4. The Balaban J connectivity index is 2.55. The van der Waals surface area contributed by atoms with Crippen molar-refractivity contribution in [2.45, 2.75) is 25.7 Å². The van der Waals surface area contributed by atoms with Gasteiger partial charge in [-0.3, -0.25) is 0 Å². The third-order valence-corrected chi connectivity index (χ3v) is 3.83. The van der Waals surface area contributed by atoms with Crippen molar-refractivity contribution in [1.29, 1.82) is 0 Å². The van der Waals surface area contributed by atoms with Gasteiger partial charge in [0, 0.05) is 13.1 Å². The van der Waals surface area contributed by atoms with Gasteiger partial charge in [-0.15, -0.1) is 0 Å². The lowest BCUT2D eigenvalue weighted by atomic mass is 10.2. The average molecular weight is 220 g/mol. The fourth-order valence-electron chi connectivity index (χ4n) is 1.51. The number of nitrogens with one attached hydrogen (secondary N) is 1. The summed E-state index contributed by atoms with van der Waals surface area (Å²) in [7, 11) is -3.42. The third kappa shape index (κ3) is 3.36. The molecule has 14 heavy (non-hydrogen) atoms. The van der Waals surface area contributed by atoms with Crippen LogP contribution in [0, 0.1) is 0 Å². The van der Waals surface area contributed by atoms with Crippen molar-refractivity contribution in [3.8, 4) is 0 Å². The summed E-state index contributed by atoms with van der Waals surface area (Å²) in [4.78, 5) is 10.1. The Bertz CT molecular complexity index is 268. The molecular weight excluding hydrogens is 204 g/mol. The minimum atomic E-state index is -3.42. The monoisotopic (exact) mass is 220 g/mol. The average Bonchev–Trinajstić information content (AvgIpc) is 2.43. The van der Waals surface area contributed by atoms with Crippen LogP contribution in [0.4, 0.5) is 0 Å². The summed E-state index contributed by atoms with van der Waals surface area (Å²) >= 11 is 0. The second-order valence-electron chi connectivity index (χ2n) is 3.33. The fourth-order valence-corrected chi connectivity index (χ4v) is 2.71. The van der Waals surface area contributed by atoms with Gasteiger partial charge in [0.2, 0.25) is 0 Å². The van der Waals surface area contributed by atoms with E-state index in [1.165, 1.54) is 4.31 Å². The minimum Gasteiger partial charge on any atom is -0.302 e. The molecule has 1 fully saturated rings. The Kier molecular flexibility index (Phi) is 4.50. The Morgan fingerprint density at radius 3 is 2.21 bits per heavy atom. The molecule has 1 N–H and O–H groups in total. The number of carbonyl (C=O) groups excluding carboxylic acids is 1. The Morgan fingerprint density at radius 1 is 1.14 bits per heavy atom. The van der Waals surface area contributed by atoms with Crippen molar-refractivity contribution in [3.05, 3.63) is 0 Å². The molecule has 0 aromatic rings. The summed E-state index contributed by atoms with van der Waals surface area (Å²) in [6.07, 6.45) is 4.53. The summed E-state index contributed by atoms with van der Waals surface area (Å²) in [6, 6.07) is 0. The molecule has 1 saturated heterocycles. The summed E-state index contributed by atoms with van der Waals surface area (Å²) in [5.74, 6) is 0. The van der Waals surface area contributed by atoms with Crippen LogP contribution < -0.4 is 4.72 Å². The molecule has 0 spiro atoms. The maximum absolute atomic E-state index is 11.6. The van der Waals surface area contributed by atoms with Crippen LogP contribution in [-0.2, 0) is 15.0 Å². The highest BCUT2D eigenvalue weighted by Gasteiger charge is 2.21. The summed E-state index contributed by atoms with van der Waals surface area (Å²) < 4.78 is 26.8. The molecule has 1 aliphatic rings. The molecule has 0 bridgehead atoms. The summed E-state index contributed by atoms with van der Waals surface area (Å²) in [5, 5.41) is 0. The Hall–Kier alpha value is -0.460. The van der Waals surface area contributed by atoms with E-state index in [-0.39, 0.29) is 6.54 Å². The topological polar surface area (TPSA) is 66.5 Å². The number of hydrogen-bond donors (Lipinski definition) is 1. The SMILES string of the molecule is O=CCNS(=O)(=O)N1CCCCCC1. The van der Waals surface area contributed by atoms with Gasteiger partial charge in [-0.1, -0.05) is 12.8 Å². The van der Waals surface area contributed by atoms with Crippen LogP contribution in [0.3, 0.4) is 0 Å². The number of hydrogen-bond acceptors (Lipinski definition) is 3. The lowest BCUT2D eigenvalue weighted by molar-refractivity contribution is -0.106. The van der Waals surface area contributed by atoms with Crippen LogP contribution in [0.5, 0.6) is 0 Å². The molecule has 5 nitrogen and oxygen atoms in total. The van der Waals surface area contributed by atoms with E-state index in [0.29, 0.717) is 19.4 Å². The molecule has 6 heteroatoms. The van der Waals surface area contributed by atoms with E-state index >= 15 is 0 Å². The molecule has 0 amide bonds. The largest absolute Gasteiger partial charge is 0.302 e. The molecule has 0 radical (unpaired) electrons. The van der Waals surface area contributed by atoms with Gasteiger partial charge in [-0.25, -0.2) is 0 Å². The van der Waals surface area contributed by atoms with Crippen molar-refractivity contribution in [2.75, 3.05) is 19.6 Å². The molecule has 82 valence electrons. The summed E-state index contributed by atoms with van der Waals surface area (Å²) in [5.41, 5.74) is 0. The fraction of sp³-hybridized carbons (Fsp3) is 0.875. The smallest absolute Gasteiger partial charge is 0.279 e. The van der Waals surface area contributed by atoms with Crippen molar-refractivity contribution in [1.82, 2.24) is 9.03 Å². The molecular formula is C8H16N2O3S. The zero-order valence-electron chi connectivity index (χ0n) is 8.11. The van der Waals surface area contributed by atoms with Crippen LogP contribution in [0.15, 0.2) is 0 Å². The quantitative estimate of drug-likeness (QED) is 0.673. The van der Waals surface area contributed by atoms with Crippen LogP contribution in [0.25, 0.3) is 0 Å². The van der Waals surface area contributed by atoms with Crippen molar-refractivity contribution < 1.29 is 13.2 Å². The van der Waals surface area contributed by atoms with Gasteiger partial charge in [0.25, 0.3) is 10.2 Å². The van der Waals surface area contributed by atoms with Gasteiger partial charge in [-0.05, 0) is 12.8 Å². The van der Waals surface area contributed by atoms with E-state index in [0.717, 1.165) is 25.7 Å². The zero-order valence-corrected chi connectivity index (χ0v) is 8.92. The van der Waals surface area contributed by atoms with Gasteiger partial charge in [0.1, 0.15) is 6.29 Å². The van der Waals surface area contributed by atoms with Crippen LogP contribution in [0.2, 0.25) is 0 Å². The Morgan fingerprint density at radius 2 is 1.71 bits per heavy atom. The standard InChI is InChI=1S/C8H16N2O3S/c11-8-5-9-14(12,13)10-6-3-1-2-4-7-10/h8-9H,1-7H2. The van der Waals surface area contributed by atoms with E-state index in [1.807, 2.05) is 0 Å². The van der Waals surface area contributed by atoms with Crippen molar-refractivity contribution >= 4 is 16.5 Å². The van der Waals surface area contributed by atoms with Crippen LogP contribution in [0.1, 0.15) is 25.7 Å². The molecule has 0 atom stereocenters. The second kappa shape index (κ2) is 5.43. The maximum atomic E-state index is 11.6. The molecule has 0 saturated carbocycles. The third-order valence-electron chi connectivity index (χ3n) is 2.25. The highest BCUT2D eigenvalue weighted by Crippen LogP contribution is 2.11. The molecule has 1 rings (SSSR count). The molecule has 0 aliphatic carbocycles. The zero-order chi connectivity index (χ0) is 10.4. The van der Waals surface area contributed by atoms with Gasteiger partial charge in [0.05, 0.1) is 6.54 Å². The van der Waals surface area contributed by atoms with Gasteiger partial charge >= 0.3 is 0 Å². The highest BCUT2D eigenvalue weighted by atomic mass is 32.2. The first-order valence-electron chi connectivity index (χ1n) is 4.85. The van der Waals surface area contributed by atoms with Crippen molar-refractivity contribution in [2.24, 2.45) is 0 Å². The van der Waals surface area contributed by atoms with Gasteiger partial charge in [0.15, 0.2) is 0 Å². The molecule has 0 aromatic carbocycles. The number of nitrogens with zero attached hydrogens (tertiary/aromatic N) is 1. The molecule has 1 aliphatic heterocycles. The van der Waals surface area contributed by atoms with Crippen LogP contribution >= 0.6 is 0 Å². The molecule has 0 aromatic heterocycles. The first-order valence-corrected chi connectivity index (χ1v) is 6.29. The van der Waals surface area contributed by atoms with E-state index in [1.54, 1.807) is 0 Å². The highest BCUT2D eigenvalue weighted by molar-refractivity contribution is 7.87. The first-order chi connectivity index (χ1) is 6.67. The second-order valence-corrected chi connectivity index (χ2v) is 5.09. The molecule has 1 heterocycles. The lowest BCUT2D eigenvalue weighted by Crippen LogP contribution is -2.41. The Labute approximate surface area is 84.7 Å². The van der Waals surface area contributed by atoms with Gasteiger partial charge in [-0.2, -0.15) is 17.4 Å². The van der Waals surface area contributed by atoms with E-state index in [9.17, 15) is 13.2 Å². The van der Waals surface area contributed by atoms with Crippen molar-refractivity contribution in [3.63, 3.8) is 0 Å². The maximum Gasteiger partial charge on any atom is 0.279 e. The molecule has 0 unspecified atom stereocenters. The first kappa shape index (κ1) is 11.6. The van der Waals surface area contributed by atoms with E-state index in [2.05, 4.69) is 4.72 Å². The van der Waals surface area contributed by atoms with E-state index < -0.39 is 10.2 Å². The number of carbonyl (C=O) groups is 1. The predicted octanol–water partition coefficient (Wildman–Crippen LogP) is -0.104. The number of aldehydes is 1. The summed E-state index contributed by atoms with van der Waals surface area (Å²) in [6.45, 7) is 0.987. The normalized spacial score (nSPS) is 20.3.